The van der Waals surface area contributed by atoms with Crippen molar-refractivity contribution < 1.29 is 8.78 Å². The van der Waals surface area contributed by atoms with Crippen molar-refractivity contribution in [3.63, 3.8) is 0 Å². The molecule has 1 atom stereocenters. The largest absolute Gasteiger partial charge is 0.322 e. The van der Waals surface area contributed by atoms with Crippen LogP contribution in [0.1, 0.15) is 25.7 Å². The predicted octanol–water partition coefficient (Wildman–Crippen LogP) is 4.41. The zero-order valence-corrected chi connectivity index (χ0v) is 13.1. The fraction of sp³-hybridized carbons (Fsp3) is 0.500. The van der Waals surface area contributed by atoms with Gasteiger partial charge in [0.25, 0.3) is 0 Å². The molecule has 6 heteroatoms. The number of hydrogen-bond donors (Lipinski definition) is 0. The van der Waals surface area contributed by atoms with Gasteiger partial charge in [-0.15, -0.1) is 11.6 Å². The number of rotatable bonds is 6. The molecular formula is C14H17ClF2N2S. The molecule has 0 aliphatic carbocycles. The maximum Gasteiger partial charge on any atom is 0.184 e. The Hall–Kier alpha value is -0.810. The molecule has 1 heterocycles. The summed E-state index contributed by atoms with van der Waals surface area (Å²) in [7, 11) is 0. The van der Waals surface area contributed by atoms with Crippen molar-refractivity contribution in [2.75, 3.05) is 17.4 Å². The Labute approximate surface area is 126 Å². The number of aromatic nitrogens is 2. The van der Waals surface area contributed by atoms with Crippen LogP contribution in [-0.4, -0.2) is 26.9 Å². The minimum absolute atomic E-state index is 0.0412. The van der Waals surface area contributed by atoms with Crippen LogP contribution in [0, 0.1) is 11.6 Å². The van der Waals surface area contributed by atoms with Crippen LogP contribution in [0.25, 0.3) is 11.0 Å². The van der Waals surface area contributed by atoms with Gasteiger partial charge in [-0.05, 0) is 24.8 Å². The molecule has 2 aromatic rings. The zero-order valence-electron chi connectivity index (χ0n) is 11.5. The summed E-state index contributed by atoms with van der Waals surface area (Å²) in [5.41, 5.74) is 0.728. The van der Waals surface area contributed by atoms with Gasteiger partial charge in [-0.25, -0.2) is 13.8 Å². The van der Waals surface area contributed by atoms with Gasteiger partial charge in [0.2, 0.25) is 0 Å². The Morgan fingerprint density at radius 1 is 1.40 bits per heavy atom. The second-order valence-electron chi connectivity index (χ2n) is 4.57. The van der Waals surface area contributed by atoms with Crippen molar-refractivity contribution in [1.29, 1.82) is 0 Å². The van der Waals surface area contributed by atoms with E-state index in [-0.39, 0.29) is 11.6 Å². The van der Waals surface area contributed by atoms with Crippen LogP contribution in [-0.2, 0) is 6.42 Å². The lowest BCUT2D eigenvalue weighted by Crippen LogP contribution is -2.13. The van der Waals surface area contributed by atoms with Gasteiger partial charge in [-0.2, -0.15) is 11.8 Å². The summed E-state index contributed by atoms with van der Waals surface area (Å²) in [6.07, 6.45) is 0.540. The molecule has 20 heavy (non-hydrogen) atoms. The summed E-state index contributed by atoms with van der Waals surface area (Å²) < 4.78 is 29.4. The van der Waals surface area contributed by atoms with E-state index in [2.05, 4.69) is 11.9 Å². The van der Waals surface area contributed by atoms with Gasteiger partial charge in [0.1, 0.15) is 11.3 Å². The predicted molar refractivity (Wildman–Crippen MR) is 81.8 cm³/mol. The highest BCUT2D eigenvalue weighted by molar-refractivity contribution is 7.99. The first-order chi connectivity index (χ1) is 9.60. The highest BCUT2D eigenvalue weighted by Crippen LogP contribution is 2.27. The van der Waals surface area contributed by atoms with Gasteiger partial charge < -0.3 is 4.57 Å². The second kappa shape index (κ2) is 6.76. The lowest BCUT2D eigenvalue weighted by molar-refractivity contribution is 0.505. The lowest BCUT2D eigenvalue weighted by Gasteiger charge is -2.17. The van der Waals surface area contributed by atoms with Gasteiger partial charge >= 0.3 is 0 Å². The normalized spacial score (nSPS) is 13.1. The average molecular weight is 319 g/mol. The number of fused-ring (bicyclic) bond motifs is 1. The fourth-order valence-corrected chi connectivity index (χ4v) is 3.16. The van der Waals surface area contributed by atoms with E-state index in [1.807, 2.05) is 6.92 Å². The third-order valence-corrected chi connectivity index (χ3v) is 4.45. The van der Waals surface area contributed by atoms with Crippen molar-refractivity contribution in [2.24, 2.45) is 0 Å². The van der Waals surface area contributed by atoms with Crippen molar-refractivity contribution in [3.8, 4) is 0 Å². The highest BCUT2D eigenvalue weighted by Gasteiger charge is 2.20. The molecule has 0 bridgehead atoms. The zero-order chi connectivity index (χ0) is 14.7. The number of halogens is 3. The number of hydrogen-bond acceptors (Lipinski definition) is 2. The van der Waals surface area contributed by atoms with Crippen LogP contribution in [0.4, 0.5) is 8.78 Å². The van der Waals surface area contributed by atoms with E-state index in [0.717, 1.165) is 17.6 Å². The monoisotopic (exact) mass is 318 g/mol. The van der Waals surface area contributed by atoms with E-state index in [9.17, 15) is 8.78 Å². The molecule has 0 spiro atoms. The minimum atomic E-state index is -0.841. The number of aryl methyl sites for hydroxylation is 1. The number of nitrogens with zero attached hydrogens (tertiary/aromatic N) is 2. The highest BCUT2D eigenvalue weighted by atomic mass is 35.5. The summed E-state index contributed by atoms with van der Waals surface area (Å²) in [6, 6.07) is 2.67. The van der Waals surface area contributed by atoms with Crippen LogP contribution >= 0.6 is 23.4 Å². The Kier molecular flexibility index (Phi) is 5.27. The van der Waals surface area contributed by atoms with E-state index in [0.29, 0.717) is 23.6 Å². The molecule has 0 aliphatic heterocycles. The molecular weight excluding hydrogens is 302 g/mol. The van der Waals surface area contributed by atoms with E-state index in [4.69, 9.17) is 11.6 Å². The fourth-order valence-electron chi connectivity index (χ4n) is 2.27. The second-order valence-corrected chi connectivity index (χ2v) is 6.27. The Morgan fingerprint density at radius 2 is 2.15 bits per heavy atom. The smallest absolute Gasteiger partial charge is 0.184 e. The Bertz CT molecular complexity index is 600. The van der Waals surface area contributed by atoms with E-state index < -0.39 is 11.6 Å². The first-order valence-electron chi connectivity index (χ1n) is 6.58. The minimum Gasteiger partial charge on any atom is -0.322 e. The summed E-state index contributed by atoms with van der Waals surface area (Å²) in [4.78, 5) is 4.40. The molecule has 1 unspecified atom stereocenters. The maximum absolute atomic E-state index is 14.1. The van der Waals surface area contributed by atoms with Crippen molar-refractivity contribution in [1.82, 2.24) is 9.55 Å². The summed E-state index contributed by atoms with van der Waals surface area (Å²) in [6.45, 7) is 4.06. The molecule has 0 radical (unpaired) electrons. The maximum atomic E-state index is 14.1. The molecule has 0 saturated carbocycles. The molecule has 2 rings (SSSR count). The van der Waals surface area contributed by atoms with Crippen LogP contribution in [0.5, 0.6) is 0 Å². The summed E-state index contributed by atoms with van der Waals surface area (Å²) >= 11 is 7.55. The van der Waals surface area contributed by atoms with Crippen LogP contribution < -0.4 is 0 Å². The van der Waals surface area contributed by atoms with Crippen LogP contribution in [0.2, 0.25) is 0 Å². The summed E-state index contributed by atoms with van der Waals surface area (Å²) in [5, 5.41) is 0. The van der Waals surface area contributed by atoms with Crippen LogP contribution in [0.3, 0.4) is 0 Å². The number of imidazole rings is 1. The number of benzene rings is 1. The number of alkyl halides is 1. The molecule has 0 N–H and O–H groups in total. The van der Waals surface area contributed by atoms with Gasteiger partial charge in [-0.3, -0.25) is 0 Å². The van der Waals surface area contributed by atoms with Crippen molar-refractivity contribution in [2.45, 2.75) is 26.3 Å². The molecule has 0 saturated heterocycles. The van der Waals surface area contributed by atoms with Crippen LogP contribution in [0.15, 0.2) is 12.1 Å². The lowest BCUT2D eigenvalue weighted by atomic mass is 10.2. The molecule has 110 valence electrons. The SMILES string of the molecule is CCSCC(C)n1c(CCCl)nc2ccc(F)c(F)c21. The third kappa shape index (κ3) is 2.93. The third-order valence-electron chi connectivity index (χ3n) is 3.14. The average Bonchev–Trinajstić information content (AvgIpc) is 2.80. The Morgan fingerprint density at radius 3 is 2.80 bits per heavy atom. The molecule has 2 nitrogen and oxygen atoms in total. The van der Waals surface area contributed by atoms with Crippen molar-refractivity contribution >= 4 is 34.4 Å². The van der Waals surface area contributed by atoms with Gasteiger partial charge in [0.05, 0.1) is 5.52 Å². The molecule has 0 aliphatic rings. The molecule has 0 fully saturated rings. The topological polar surface area (TPSA) is 17.8 Å². The molecule has 0 amide bonds. The first-order valence-corrected chi connectivity index (χ1v) is 8.27. The van der Waals surface area contributed by atoms with E-state index in [1.54, 1.807) is 16.3 Å². The first kappa shape index (κ1) is 15.6. The quantitative estimate of drug-likeness (QED) is 0.734. The van der Waals surface area contributed by atoms with E-state index in [1.165, 1.54) is 6.07 Å². The van der Waals surface area contributed by atoms with E-state index >= 15 is 0 Å². The number of thioether (sulfide) groups is 1. The summed E-state index contributed by atoms with van der Waals surface area (Å²) in [5.74, 6) is 1.26. The van der Waals surface area contributed by atoms with Gasteiger partial charge in [-0.1, -0.05) is 6.92 Å². The standard InChI is InChI=1S/C14H17ClF2N2S/c1-3-20-8-9(2)19-12(6-7-15)18-11-5-4-10(16)13(17)14(11)19/h4-5,9H,3,6-8H2,1-2H3. The Balaban J connectivity index is 2.57. The van der Waals surface area contributed by atoms with Gasteiger partial charge in [0, 0.05) is 24.1 Å². The molecule has 1 aromatic heterocycles. The van der Waals surface area contributed by atoms with Crippen molar-refractivity contribution in [3.05, 3.63) is 29.6 Å². The van der Waals surface area contributed by atoms with Gasteiger partial charge in [0.15, 0.2) is 11.6 Å². The molecule has 1 aromatic carbocycles.